The molecule has 0 aliphatic heterocycles. The number of unbranched alkanes of at least 4 members (excludes halogenated alkanes) is 4. The van der Waals surface area contributed by atoms with Gasteiger partial charge in [-0.25, -0.2) is 4.68 Å². The number of rotatable bonds is 14. The fraction of sp³-hybridized carbons (Fsp3) is 0.297. The third kappa shape index (κ3) is 7.05. The molecule has 3 aromatic heterocycles. The van der Waals surface area contributed by atoms with Crippen LogP contribution in [-0.4, -0.2) is 37.6 Å². The van der Waals surface area contributed by atoms with Crippen LogP contribution in [0, 0.1) is 6.92 Å². The topological polar surface area (TPSA) is 83.5 Å². The summed E-state index contributed by atoms with van der Waals surface area (Å²) in [5.41, 5.74) is 5.15. The molecule has 0 bridgehead atoms. The molecule has 9 heteroatoms. The second kappa shape index (κ2) is 14.6. The molecule has 46 heavy (non-hydrogen) atoms. The van der Waals surface area contributed by atoms with Gasteiger partial charge < -0.3 is 9.47 Å². The molecule has 8 nitrogen and oxygen atoms in total. The Hall–Kier alpha value is -4.76. The zero-order valence-corrected chi connectivity index (χ0v) is 27.4. The van der Waals surface area contributed by atoms with E-state index in [2.05, 4.69) is 25.0 Å². The summed E-state index contributed by atoms with van der Waals surface area (Å²) >= 11 is 1.32. The van der Waals surface area contributed by atoms with Crippen LogP contribution in [0.25, 0.3) is 39.4 Å². The van der Waals surface area contributed by atoms with Gasteiger partial charge in [-0.15, -0.1) is 5.10 Å². The normalized spacial score (nSPS) is 11.8. The van der Waals surface area contributed by atoms with E-state index in [4.69, 9.17) is 19.6 Å². The minimum atomic E-state index is -0.208. The van der Waals surface area contributed by atoms with Crippen molar-refractivity contribution in [2.24, 2.45) is 0 Å². The highest BCUT2D eigenvalue weighted by Gasteiger charge is 2.16. The number of ether oxygens (including phenoxy) is 2. The fourth-order valence-electron chi connectivity index (χ4n) is 5.23. The highest BCUT2D eigenvalue weighted by molar-refractivity contribution is 7.15. The Labute approximate surface area is 273 Å². The summed E-state index contributed by atoms with van der Waals surface area (Å²) in [7, 11) is 0. The van der Waals surface area contributed by atoms with Gasteiger partial charge in [0, 0.05) is 22.9 Å². The summed E-state index contributed by atoms with van der Waals surface area (Å²) in [6.07, 6.45) is 10.6. The Bertz CT molecular complexity index is 2010. The van der Waals surface area contributed by atoms with Gasteiger partial charge >= 0.3 is 0 Å². The maximum atomic E-state index is 13.5. The van der Waals surface area contributed by atoms with Crippen molar-refractivity contribution in [3.05, 3.63) is 105 Å². The van der Waals surface area contributed by atoms with E-state index in [0.29, 0.717) is 28.5 Å². The van der Waals surface area contributed by atoms with Crippen LogP contribution in [-0.2, 0) is 0 Å². The van der Waals surface area contributed by atoms with Crippen LogP contribution in [0.5, 0.6) is 11.5 Å². The molecule has 0 radical (unpaired) electrons. The minimum absolute atomic E-state index is 0.208. The number of para-hydroxylation sites is 1. The van der Waals surface area contributed by atoms with Gasteiger partial charge in [0.2, 0.25) is 4.96 Å². The van der Waals surface area contributed by atoms with Crippen LogP contribution in [0.3, 0.4) is 0 Å². The molecule has 3 heterocycles. The number of aromatic nitrogens is 5. The second-order valence-corrected chi connectivity index (χ2v) is 12.4. The van der Waals surface area contributed by atoms with Gasteiger partial charge in [0.05, 0.1) is 23.4 Å². The zero-order chi connectivity index (χ0) is 31.9. The zero-order valence-electron chi connectivity index (χ0n) is 26.6. The summed E-state index contributed by atoms with van der Waals surface area (Å²) in [5, 5.41) is 9.52. The van der Waals surface area contributed by atoms with Crippen molar-refractivity contribution in [2.45, 2.75) is 59.3 Å². The average Bonchev–Trinajstić information content (AvgIpc) is 3.77. The number of hydrogen-bond donors (Lipinski definition) is 0. The van der Waals surface area contributed by atoms with Crippen molar-refractivity contribution in [1.82, 2.24) is 24.4 Å². The van der Waals surface area contributed by atoms with Crippen molar-refractivity contribution in [1.29, 1.82) is 0 Å². The molecule has 0 aliphatic carbocycles. The molecule has 236 valence electrons. The molecule has 0 aliphatic rings. The van der Waals surface area contributed by atoms with Crippen molar-refractivity contribution < 1.29 is 9.47 Å². The average molecular weight is 634 g/mol. The lowest BCUT2D eigenvalue weighted by atomic mass is 10.0. The van der Waals surface area contributed by atoms with Crippen LogP contribution < -0.4 is 19.6 Å². The van der Waals surface area contributed by atoms with Gasteiger partial charge in [-0.05, 0) is 86.0 Å². The predicted molar refractivity (Wildman–Crippen MR) is 185 cm³/mol. The van der Waals surface area contributed by atoms with Crippen LogP contribution >= 0.6 is 11.3 Å². The summed E-state index contributed by atoms with van der Waals surface area (Å²) < 4.78 is 15.6. The van der Waals surface area contributed by atoms with Gasteiger partial charge in [0.15, 0.2) is 5.82 Å². The molecule has 0 unspecified atom stereocenters. The first-order chi connectivity index (χ1) is 22.5. The minimum Gasteiger partial charge on any atom is -0.494 e. The number of hydrogen-bond acceptors (Lipinski definition) is 7. The third-order valence-electron chi connectivity index (χ3n) is 7.81. The van der Waals surface area contributed by atoms with Crippen molar-refractivity contribution in [3.63, 3.8) is 0 Å². The van der Waals surface area contributed by atoms with Crippen molar-refractivity contribution in [2.75, 3.05) is 13.2 Å². The molecular weight excluding hydrogens is 595 g/mol. The lowest BCUT2D eigenvalue weighted by molar-refractivity contribution is 0.305. The quantitative estimate of drug-likeness (QED) is 0.115. The first-order valence-corrected chi connectivity index (χ1v) is 16.9. The maximum Gasteiger partial charge on any atom is 0.291 e. The Morgan fingerprint density at radius 2 is 1.59 bits per heavy atom. The van der Waals surface area contributed by atoms with E-state index in [-0.39, 0.29) is 5.56 Å². The van der Waals surface area contributed by atoms with E-state index in [1.807, 2.05) is 90.6 Å². The number of aryl methyl sites for hydroxylation is 1. The standard InChI is InChI=1S/C37H39N5O3S/c1-4-6-8-12-22-44-31-18-15-27(16-19-31)35-38-37-42(40-35)36(43)33(46-37)24-29-25-41(30-13-10-9-11-14-30)39-34(29)28-17-20-32(26(3)23-28)45-21-7-5-2/h9-11,13-20,23-25H,4-8,12,21-22H2,1-3H3. The first-order valence-electron chi connectivity index (χ1n) is 16.1. The number of fused-ring (bicyclic) bond motifs is 1. The highest BCUT2D eigenvalue weighted by Crippen LogP contribution is 2.29. The van der Waals surface area contributed by atoms with E-state index < -0.39 is 0 Å². The molecule has 6 aromatic rings. The smallest absolute Gasteiger partial charge is 0.291 e. The number of benzene rings is 3. The molecule has 0 fully saturated rings. The highest BCUT2D eigenvalue weighted by atomic mass is 32.1. The SMILES string of the molecule is CCCCCCOc1ccc(-c2nc3sc(=Cc4cn(-c5ccccc5)nc4-c4ccc(OCCCC)c(C)c4)c(=O)n3n2)cc1. The summed E-state index contributed by atoms with van der Waals surface area (Å²) in [6, 6.07) is 23.8. The van der Waals surface area contributed by atoms with E-state index >= 15 is 0 Å². The van der Waals surface area contributed by atoms with Crippen molar-refractivity contribution in [3.8, 4) is 39.8 Å². The van der Waals surface area contributed by atoms with Crippen LogP contribution in [0.15, 0.2) is 83.8 Å². The lowest BCUT2D eigenvalue weighted by Gasteiger charge is -2.10. The Kier molecular flexibility index (Phi) is 9.88. The monoisotopic (exact) mass is 633 g/mol. The van der Waals surface area contributed by atoms with E-state index in [1.165, 1.54) is 35.1 Å². The largest absolute Gasteiger partial charge is 0.494 e. The van der Waals surface area contributed by atoms with Gasteiger partial charge in [-0.1, -0.05) is 69.1 Å². The van der Waals surface area contributed by atoms with Gasteiger partial charge in [0.25, 0.3) is 5.56 Å². The molecule has 6 rings (SSSR count). The first kappa shape index (κ1) is 31.2. The lowest BCUT2D eigenvalue weighted by Crippen LogP contribution is -2.23. The molecule has 3 aromatic carbocycles. The predicted octanol–water partition coefficient (Wildman–Crippen LogP) is 7.66. The summed E-state index contributed by atoms with van der Waals surface area (Å²) in [6.45, 7) is 7.80. The van der Waals surface area contributed by atoms with E-state index in [0.717, 1.165) is 64.4 Å². The number of thiazole rings is 1. The van der Waals surface area contributed by atoms with E-state index in [1.54, 1.807) is 0 Å². The second-order valence-electron chi connectivity index (χ2n) is 11.4. The summed E-state index contributed by atoms with van der Waals surface area (Å²) in [5.74, 6) is 2.21. The number of nitrogens with zero attached hydrogens (tertiary/aromatic N) is 5. The maximum absolute atomic E-state index is 13.5. The molecule has 0 amide bonds. The molecule has 0 saturated carbocycles. The third-order valence-corrected chi connectivity index (χ3v) is 8.77. The van der Waals surface area contributed by atoms with Gasteiger partial charge in [0.1, 0.15) is 17.2 Å². The van der Waals surface area contributed by atoms with Crippen LogP contribution in [0.1, 0.15) is 63.5 Å². The van der Waals surface area contributed by atoms with Crippen LogP contribution in [0.4, 0.5) is 0 Å². The molecule has 0 spiro atoms. The van der Waals surface area contributed by atoms with Gasteiger partial charge in [-0.2, -0.15) is 14.6 Å². The van der Waals surface area contributed by atoms with Crippen molar-refractivity contribution >= 4 is 22.4 Å². The molecule has 0 N–H and O–H groups in total. The Balaban J connectivity index is 1.30. The Morgan fingerprint density at radius 1 is 0.826 bits per heavy atom. The molecule has 0 saturated heterocycles. The van der Waals surface area contributed by atoms with E-state index in [9.17, 15) is 4.79 Å². The Morgan fingerprint density at radius 3 is 2.33 bits per heavy atom. The van der Waals surface area contributed by atoms with Crippen LogP contribution in [0.2, 0.25) is 0 Å². The fourth-order valence-corrected chi connectivity index (χ4v) is 6.13. The molecular formula is C37H39N5O3S. The van der Waals surface area contributed by atoms with Gasteiger partial charge in [-0.3, -0.25) is 4.79 Å². The summed E-state index contributed by atoms with van der Waals surface area (Å²) in [4.78, 5) is 18.8. The molecule has 0 atom stereocenters.